The first kappa shape index (κ1) is 20.0. The molecule has 4 rings (SSSR count). The maximum atomic E-state index is 15.8. The van der Waals surface area contributed by atoms with Crippen molar-refractivity contribution in [1.82, 2.24) is 14.9 Å². The van der Waals surface area contributed by atoms with Crippen LogP contribution in [-0.2, 0) is 5.67 Å². The number of hydrogen-bond donors (Lipinski definition) is 0. The molecule has 0 radical (unpaired) electrons. The normalized spacial score (nSPS) is 15.8. The fourth-order valence-electron chi connectivity index (χ4n) is 3.79. The van der Waals surface area contributed by atoms with Gasteiger partial charge in [0.25, 0.3) is 5.91 Å². The highest BCUT2D eigenvalue weighted by Crippen LogP contribution is 2.40. The second-order valence-corrected chi connectivity index (χ2v) is 7.24. The molecule has 0 spiro atoms. The third-order valence-electron chi connectivity index (χ3n) is 5.48. The van der Waals surface area contributed by atoms with Crippen molar-refractivity contribution in [2.45, 2.75) is 18.5 Å². The number of ether oxygens (including phenoxy) is 2. The molecule has 1 aliphatic heterocycles. The largest absolute Gasteiger partial charge is 0.497 e. The Morgan fingerprint density at radius 2 is 1.63 bits per heavy atom. The summed E-state index contributed by atoms with van der Waals surface area (Å²) in [4.78, 5) is 22.8. The van der Waals surface area contributed by atoms with E-state index in [0.29, 0.717) is 28.1 Å². The molecule has 30 heavy (non-hydrogen) atoms. The third-order valence-corrected chi connectivity index (χ3v) is 5.48. The highest BCUT2D eigenvalue weighted by Gasteiger charge is 2.38. The summed E-state index contributed by atoms with van der Waals surface area (Å²) in [5.41, 5.74) is -0.400. The fourth-order valence-corrected chi connectivity index (χ4v) is 3.79. The van der Waals surface area contributed by atoms with Crippen molar-refractivity contribution in [3.63, 3.8) is 0 Å². The summed E-state index contributed by atoms with van der Waals surface area (Å²) in [6, 6.07) is 7.37. The van der Waals surface area contributed by atoms with Crippen LogP contribution in [0, 0.1) is 5.82 Å². The highest BCUT2D eigenvalue weighted by atomic mass is 19.1. The lowest BCUT2D eigenvalue weighted by Gasteiger charge is -2.37. The van der Waals surface area contributed by atoms with Crippen molar-refractivity contribution >= 4 is 16.9 Å². The average Bonchev–Trinajstić information content (AvgIpc) is 2.78. The predicted octanol–water partition coefficient (Wildman–Crippen LogP) is 3.89. The molecule has 3 aromatic rings. The van der Waals surface area contributed by atoms with Gasteiger partial charge >= 0.3 is 0 Å². The van der Waals surface area contributed by atoms with Gasteiger partial charge in [0.15, 0.2) is 0 Å². The smallest absolute Gasteiger partial charge is 0.256 e. The lowest BCUT2D eigenvalue weighted by atomic mass is 9.85. The quantitative estimate of drug-likeness (QED) is 0.649. The molecule has 1 fully saturated rings. The van der Waals surface area contributed by atoms with Crippen LogP contribution in [0.2, 0.25) is 0 Å². The van der Waals surface area contributed by atoms with Gasteiger partial charge in [0.2, 0.25) is 0 Å². The van der Waals surface area contributed by atoms with Gasteiger partial charge in [-0.15, -0.1) is 0 Å². The molecule has 2 aromatic carbocycles. The number of piperidine rings is 1. The minimum absolute atomic E-state index is 0.105. The van der Waals surface area contributed by atoms with Gasteiger partial charge in [0.05, 0.1) is 25.3 Å². The molecule has 0 N–H and O–H groups in total. The van der Waals surface area contributed by atoms with Gasteiger partial charge in [0, 0.05) is 50.5 Å². The van der Waals surface area contributed by atoms with Gasteiger partial charge in [-0.25, -0.2) is 8.78 Å². The fraction of sp³-hybridized carbons (Fsp3) is 0.318. The Labute approximate surface area is 172 Å². The lowest BCUT2D eigenvalue weighted by Crippen LogP contribution is -2.43. The number of amides is 1. The SMILES string of the molecule is COc1cc(OC)cc(C2(F)CCN(C(=O)c3cc(F)cc4nccnc34)CC2)c1. The molecule has 1 aliphatic rings. The molecular formula is C22H21F2N3O3. The van der Waals surface area contributed by atoms with Crippen LogP contribution in [0.25, 0.3) is 11.0 Å². The lowest BCUT2D eigenvalue weighted by molar-refractivity contribution is 0.0420. The number of hydrogen-bond acceptors (Lipinski definition) is 5. The molecule has 156 valence electrons. The zero-order valence-corrected chi connectivity index (χ0v) is 16.7. The molecule has 1 saturated heterocycles. The maximum Gasteiger partial charge on any atom is 0.256 e. The minimum Gasteiger partial charge on any atom is -0.497 e. The molecule has 8 heteroatoms. The Balaban J connectivity index is 1.57. The van der Waals surface area contributed by atoms with Crippen molar-refractivity contribution in [2.24, 2.45) is 0 Å². The molecule has 1 aromatic heterocycles. The summed E-state index contributed by atoms with van der Waals surface area (Å²) in [6.45, 7) is 0.375. The second-order valence-electron chi connectivity index (χ2n) is 7.24. The molecule has 2 heterocycles. The van der Waals surface area contributed by atoms with E-state index in [1.54, 1.807) is 18.2 Å². The van der Waals surface area contributed by atoms with E-state index in [1.807, 2.05) is 0 Å². The van der Waals surface area contributed by atoms with E-state index in [1.165, 1.54) is 37.6 Å². The molecule has 0 bridgehead atoms. The Hall–Kier alpha value is -3.29. The number of aromatic nitrogens is 2. The minimum atomic E-state index is -1.62. The monoisotopic (exact) mass is 413 g/mol. The first-order chi connectivity index (χ1) is 14.4. The Morgan fingerprint density at radius 3 is 2.27 bits per heavy atom. The second kappa shape index (κ2) is 7.85. The van der Waals surface area contributed by atoms with Gasteiger partial charge in [-0.05, 0) is 23.8 Å². The van der Waals surface area contributed by atoms with Crippen molar-refractivity contribution in [2.75, 3.05) is 27.3 Å². The van der Waals surface area contributed by atoms with Gasteiger partial charge < -0.3 is 14.4 Å². The first-order valence-electron chi connectivity index (χ1n) is 9.55. The molecule has 0 saturated carbocycles. The number of halogens is 2. The number of carbonyl (C=O) groups excluding carboxylic acids is 1. The summed E-state index contributed by atoms with van der Waals surface area (Å²) in [7, 11) is 3.02. The molecule has 6 nitrogen and oxygen atoms in total. The van der Waals surface area contributed by atoms with Crippen LogP contribution >= 0.6 is 0 Å². The zero-order chi connectivity index (χ0) is 21.3. The van der Waals surface area contributed by atoms with Crippen LogP contribution in [0.1, 0.15) is 28.8 Å². The number of nitrogens with zero attached hydrogens (tertiary/aromatic N) is 3. The zero-order valence-electron chi connectivity index (χ0n) is 16.7. The van der Waals surface area contributed by atoms with Crippen LogP contribution in [0.3, 0.4) is 0 Å². The molecule has 1 amide bonds. The Kier molecular flexibility index (Phi) is 5.24. The average molecular weight is 413 g/mol. The van der Waals surface area contributed by atoms with E-state index in [0.717, 1.165) is 6.07 Å². The maximum absolute atomic E-state index is 15.8. The summed E-state index contributed by atoms with van der Waals surface area (Å²) in [5, 5.41) is 0. The van der Waals surface area contributed by atoms with E-state index in [2.05, 4.69) is 9.97 Å². The van der Waals surface area contributed by atoms with E-state index in [-0.39, 0.29) is 37.4 Å². The van der Waals surface area contributed by atoms with Gasteiger partial charge in [0.1, 0.15) is 28.5 Å². The van der Waals surface area contributed by atoms with Crippen molar-refractivity contribution in [1.29, 1.82) is 0 Å². The van der Waals surface area contributed by atoms with E-state index < -0.39 is 11.5 Å². The van der Waals surface area contributed by atoms with E-state index in [9.17, 15) is 9.18 Å². The third kappa shape index (κ3) is 3.65. The van der Waals surface area contributed by atoms with E-state index >= 15 is 4.39 Å². The number of carbonyl (C=O) groups is 1. The summed E-state index contributed by atoms with van der Waals surface area (Å²) in [5.74, 6) is 0.0614. The van der Waals surface area contributed by atoms with Crippen molar-refractivity contribution in [3.05, 3.63) is 59.7 Å². The first-order valence-corrected chi connectivity index (χ1v) is 9.55. The number of alkyl halides is 1. The Morgan fingerprint density at radius 1 is 1.00 bits per heavy atom. The highest BCUT2D eigenvalue weighted by molar-refractivity contribution is 6.04. The van der Waals surface area contributed by atoms with Crippen molar-refractivity contribution < 1.29 is 23.0 Å². The van der Waals surface area contributed by atoms with Gasteiger partial charge in [-0.3, -0.25) is 14.8 Å². The number of fused-ring (bicyclic) bond motifs is 1. The topological polar surface area (TPSA) is 64.6 Å². The number of likely N-dealkylation sites (tertiary alicyclic amines) is 1. The van der Waals surface area contributed by atoms with Crippen LogP contribution in [0.4, 0.5) is 8.78 Å². The molecule has 0 atom stereocenters. The summed E-state index contributed by atoms with van der Waals surface area (Å²) >= 11 is 0. The van der Waals surface area contributed by atoms with E-state index in [4.69, 9.17) is 9.47 Å². The van der Waals surface area contributed by atoms with Crippen LogP contribution in [0.5, 0.6) is 11.5 Å². The van der Waals surface area contributed by atoms with Gasteiger partial charge in [-0.1, -0.05) is 0 Å². The number of rotatable bonds is 4. The molecular weight excluding hydrogens is 392 g/mol. The van der Waals surface area contributed by atoms with Crippen molar-refractivity contribution in [3.8, 4) is 11.5 Å². The van der Waals surface area contributed by atoms with Crippen LogP contribution < -0.4 is 9.47 Å². The van der Waals surface area contributed by atoms with Crippen LogP contribution in [0.15, 0.2) is 42.7 Å². The Bertz CT molecular complexity index is 1080. The molecule has 0 aliphatic carbocycles. The summed E-state index contributed by atoms with van der Waals surface area (Å²) < 4.78 is 40.2. The summed E-state index contributed by atoms with van der Waals surface area (Å²) in [6.07, 6.45) is 3.11. The number of benzene rings is 2. The molecule has 0 unspecified atom stereocenters. The van der Waals surface area contributed by atoms with Crippen LogP contribution in [-0.4, -0.2) is 48.1 Å². The standard InChI is InChI=1S/C22H21F2N3O3/c1-29-16-9-14(10-17(13-16)30-2)22(24)3-7-27(8-4-22)21(28)18-11-15(23)12-19-20(18)26-6-5-25-19/h5-6,9-13H,3-4,7-8H2,1-2H3. The van der Waals surface area contributed by atoms with Gasteiger partial charge in [-0.2, -0.15) is 0 Å². The predicted molar refractivity (Wildman–Crippen MR) is 107 cm³/mol. The number of methoxy groups -OCH3 is 2.